The van der Waals surface area contributed by atoms with Gasteiger partial charge in [-0.15, -0.1) is 11.3 Å². The average molecular weight is 409 g/mol. The van der Waals surface area contributed by atoms with Crippen molar-refractivity contribution < 1.29 is 4.79 Å². The molecule has 28 heavy (non-hydrogen) atoms. The van der Waals surface area contributed by atoms with Crippen molar-refractivity contribution in [2.45, 2.75) is 24.3 Å². The van der Waals surface area contributed by atoms with E-state index in [2.05, 4.69) is 25.9 Å². The zero-order valence-corrected chi connectivity index (χ0v) is 17.3. The fraction of sp³-hybridized carbons (Fsp3) is 0.190. The van der Waals surface area contributed by atoms with Crippen molar-refractivity contribution in [2.24, 2.45) is 7.05 Å². The molecule has 4 rings (SSSR count). The van der Waals surface area contributed by atoms with E-state index in [4.69, 9.17) is 0 Å². The number of hydrogen-bond donors (Lipinski definition) is 1. The van der Waals surface area contributed by atoms with Crippen molar-refractivity contribution in [2.75, 3.05) is 5.32 Å². The van der Waals surface area contributed by atoms with Crippen molar-refractivity contribution in [3.63, 3.8) is 0 Å². The van der Waals surface area contributed by atoms with Crippen molar-refractivity contribution in [3.8, 4) is 0 Å². The van der Waals surface area contributed by atoms with Gasteiger partial charge in [-0.3, -0.25) is 4.79 Å². The van der Waals surface area contributed by atoms with Crippen LogP contribution in [0.1, 0.15) is 16.3 Å². The number of anilines is 1. The number of fused-ring (bicyclic) bond motifs is 1. The molecule has 0 atom stereocenters. The Morgan fingerprint density at radius 1 is 1.14 bits per heavy atom. The van der Waals surface area contributed by atoms with Gasteiger partial charge in [-0.05, 0) is 30.7 Å². The van der Waals surface area contributed by atoms with Crippen LogP contribution in [0.3, 0.4) is 0 Å². The van der Waals surface area contributed by atoms with Crippen molar-refractivity contribution in [1.29, 1.82) is 0 Å². The minimum atomic E-state index is -0.0433. The Kier molecular flexibility index (Phi) is 5.45. The average Bonchev–Trinajstić information content (AvgIpc) is 3.26. The SMILES string of the molecule is Cc1ccccc1NC(=O)Cc1nc(CSc2nc3ccccc3n2C)cs1. The summed E-state index contributed by atoms with van der Waals surface area (Å²) in [6.07, 6.45) is 0.288. The molecule has 5 nitrogen and oxygen atoms in total. The Hall–Kier alpha value is -2.64. The molecule has 1 amide bonds. The van der Waals surface area contributed by atoms with E-state index < -0.39 is 0 Å². The molecule has 1 N–H and O–H groups in total. The number of thioether (sulfide) groups is 1. The Morgan fingerprint density at radius 3 is 2.75 bits per heavy atom. The molecule has 0 aliphatic carbocycles. The molecule has 2 aromatic heterocycles. The van der Waals surface area contributed by atoms with E-state index in [1.807, 2.05) is 61.8 Å². The Labute approximate surface area is 171 Å². The second kappa shape index (κ2) is 8.16. The summed E-state index contributed by atoms with van der Waals surface area (Å²) >= 11 is 3.18. The molecule has 2 aromatic carbocycles. The highest BCUT2D eigenvalue weighted by Gasteiger charge is 2.12. The monoisotopic (exact) mass is 408 g/mol. The topological polar surface area (TPSA) is 59.8 Å². The minimum absolute atomic E-state index is 0.0433. The third-order valence-corrected chi connectivity index (χ3v) is 6.39. The van der Waals surface area contributed by atoms with Crippen LogP contribution in [0.2, 0.25) is 0 Å². The fourth-order valence-corrected chi connectivity index (χ4v) is 4.71. The van der Waals surface area contributed by atoms with E-state index in [1.165, 1.54) is 11.3 Å². The lowest BCUT2D eigenvalue weighted by Gasteiger charge is -2.06. The molecule has 0 bridgehead atoms. The number of nitrogens with zero attached hydrogens (tertiary/aromatic N) is 3. The molecule has 0 saturated heterocycles. The zero-order valence-electron chi connectivity index (χ0n) is 15.7. The van der Waals surface area contributed by atoms with Crippen molar-refractivity contribution >= 4 is 45.7 Å². The first kappa shape index (κ1) is 18.7. The van der Waals surface area contributed by atoms with Crippen LogP contribution < -0.4 is 5.32 Å². The number of hydrogen-bond acceptors (Lipinski definition) is 5. The number of nitrogens with one attached hydrogen (secondary N) is 1. The molecule has 0 unspecified atom stereocenters. The maximum atomic E-state index is 12.3. The van der Waals surface area contributed by atoms with E-state index in [0.717, 1.165) is 43.9 Å². The van der Waals surface area contributed by atoms with Crippen LogP contribution >= 0.6 is 23.1 Å². The molecule has 142 valence electrons. The first-order chi connectivity index (χ1) is 13.6. The number of amides is 1. The molecule has 0 saturated carbocycles. The number of aryl methyl sites for hydroxylation is 2. The third-order valence-electron chi connectivity index (χ3n) is 4.43. The van der Waals surface area contributed by atoms with E-state index in [-0.39, 0.29) is 12.3 Å². The third kappa shape index (κ3) is 4.10. The minimum Gasteiger partial charge on any atom is -0.325 e. The van der Waals surface area contributed by atoms with Crippen LogP contribution in [0.25, 0.3) is 11.0 Å². The van der Waals surface area contributed by atoms with Gasteiger partial charge in [0.05, 0.1) is 23.1 Å². The summed E-state index contributed by atoms with van der Waals surface area (Å²) < 4.78 is 2.10. The molecule has 0 aliphatic heterocycles. The molecular formula is C21H20N4OS2. The fourth-order valence-electron chi connectivity index (χ4n) is 2.93. The number of benzene rings is 2. The molecule has 2 heterocycles. The first-order valence-corrected chi connectivity index (χ1v) is 10.8. The predicted molar refractivity (Wildman–Crippen MR) is 116 cm³/mol. The van der Waals surface area contributed by atoms with Gasteiger partial charge in [0.2, 0.25) is 5.91 Å². The van der Waals surface area contributed by atoms with Gasteiger partial charge >= 0.3 is 0 Å². The summed E-state index contributed by atoms with van der Waals surface area (Å²) in [6, 6.07) is 15.9. The van der Waals surface area contributed by atoms with Gasteiger partial charge in [-0.25, -0.2) is 9.97 Å². The van der Waals surface area contributed by atoms with Crippen LogP contribution in [0.15, 0.2) is 59.1 Å². The molecule has 0 radical (unpaired) electrons. The lowest BCUT2D eigenvalue weighted by Crippen LogP contribution is -2.15. The normalized spacial score (nSPS) is 11.1. The number of para-hydroxylation sites is 3. The Balaban J connectivity index is 1.37. The van der Waals surface area contributed by atoms with Gasteiger partial charge in [-0.1, -0.05) is 42.1 Å². The number of thiazole rings is 1. The highest BCUT2D eigenvalue weighted by atomic mass is 32.2. The first-order valence-electron chi connectivity index (χ1n) is 8.93. The second-order valence-electron chi connectivity index (χ2n) is 6.50. The van der Waals surface area contributed by atoms with Crippen LogP contribution in [0, 0.1) is 6.92 Å². The lowest BCUT2D eigenvalue weighted by atomic mass is 10.2. The zero-order chi connectivity index (χ0) is 19.5. The highest BCUT2D eigenvalue weighted by Crippen LogP contribution is 2.26. The summed E-state index contributed by atoms with van der Waals surface area (Å²) in [6.45, 7) is 1.98. The number of imidazole rings is 1. The van der Waals surface area contributed by atoms with Gasteiger partial charge < -0.3 is 9.88 Å². The lowest BCUT2D eigenvalue weighted by molar-refractivity contribution is -0.115. The van der Waals surface area contributed by atoms with E-state index in [1.54, 1.807) is 11.8 Å². The summed E-state index contributed by atoms with van der Waals surface area (Å²) in [5.74, 6) is 0.686. The standard InChI is InChI=1S/C21H20N4OS2/c1-14-7-3-4-8-16(14)23-19(26)11-20-22-15(12-27-20)13-28-21-24-17-9-5-6-10-18(17)25(21)2/h3-10,12H,11,13H2,1-2H3,(H,23,26). The maximum absolute atomic E-state index is 12.3. The smallest absolute Gasteiger partial charge is 0.231 e. The summed E-state index contributed by atoms with van der Waals surface area (Å²) in [5.41, 5.74) is 4.99. The largest absolute Gasteiger partial charge is 0.325 e. The number of rotatable bonds is 6. The predicted octanol–water partition coefficient (Wildman–Crippen LogP) is 4.81. The molecule has 0 fully saturated rings. The van der Waals surface area contributed by atoms with Gasteiger partial charge in [0, 0.05) is 23.9 Å². The van der Waals surface area contributed by atoms with E-state index in [0.29, 0.717) is 0 Å². The molecular weight excluding hydrogens is 388 g/mol. The molecule has 4 aromatic rings. The Bertz CT molecular complexity index is 1130. The van der Waals surface area contributed by atoms with Gasteiger partial charge in [0.25, 0.3) is 0 Å². The van der Waals surface area contributed by atoms with Crippen LogP contribution in [-0.4, -0.2) is 20.4 Å². The van der Waals surface area contributed by atoms with Crippen LogP contribution in [0.4, 0.5) is 5.69 Å². The molecule has 0 aliphatic rings. The maximum Gasteiger partial charge on any atom is 0.231 e. The number of aromatic nitrogens is 3. The van der Waals surface area contributed by atoms with Crippen LogP contribution in [0.5, 0.6) is 0 Å². The summed E-state index contributed by atoms with van der Waals surface area (Å²) in [7, 11) is 2.03. The second-order valence-corrected chi connectivity index (χ2v) is 8.39. The van der Waals surface area contributed by atoms with Crippen LogP contribution in [-0.2, 0) is 24.0 Å². The summed E-state index contributed by atoms with van der Waals surface area (Å²) in [4.78, 5) is 21.6. The van der Waals surface area contributed by atoms with E-state index >= 15 is 0 Å². The number of carbonyl (C=O) groups excluding carboxylic acids is 1. The highest BCUT2D eigenvalue weighted by molar-refractivity contribution is 7.98. The van der Waals surface area contributed by atoms with Gasteiger partial charge in [0.1, 0.15) is 5.01 Å². The van der Waals surface area contributed by atoms with Crippen molar-refractivity contribution in [3.05, 3.63) is 70.2 Å². The van der Waals surface area contributed by atoms with Crippen molar-refractivity contribution in [1.82, 2.24) is 14.5 Å². The summed E-state index contributed by atoms with van der Waals surface area (Å²) in [5, 5.41) is 6.77. The molecule has 0 spiro atoms. The Morgan fingerprint density at radius 2 is 1.93 bits per heavy atom. The van der Waals surface area contributed by atoms with E-state index in [9.17, 15) is 4.79 Å². The molecule has 7 heteroatoms. The quantitative estimate of drug-likeness (QED) is 0.465. The number of carbonyl (C=O) groups is 1. The van der Waals surface area contributed by atoms with Gasteiger partial charge in [-0.2, -0.15) is 0 Å². The van der Waals surface area contributed by atoms with Gasteiger partial charge in [0.15, 0.2) is 5.16 Å².